The fourth-order valence-corrected chi connectivity index (χ4v) is 2.00. The summed E-state index contributed by atoms with van der Waals surface area (Å²) >= 11 is 0. The summed E-state index contributed by atoms with van der Waals surface area (Å²) in [6, 6.07) is -0.414. The second kappa shape index (κ2) is 4.64. The Morgan fingerprint density at radius 3 is 2.53 bits per heavy atom. The molecule has 0 aromatic heterocycles. The Bertz CT molecular complexity index is 263. The number of likely N-dealkylation sites (tertiary alicyclic amines) is 1. The molecule has 0 saturated carbocycles. The van der Waals surface area contributed by atoms with Gasteiger partial charge < -0.3 is 10.6 Å². The first-order valence-corrected chi connectivity index (χ1v) is 5.53. The maximum Gasteiger partial charge on any atom is 0.240 e. The smallest absolute Gasteiger partial charge is 0.240 e. The van der Waals surface area contributed by atoms with Gasteiger partial charge in [0.25, 0.3) is 0 Å². The third-order valence-corrected chi connectivity index (χ3v) is 2.91. The number of nitrogens with zero attached hydrogens (tertiary/aromatic N) is 1. The van der Waals surface area contributed by atoms with Gasteiger partial charge in [-0.2, -0.15) is 0 Å². The van der Waals surface area contributed by atoms with Crippen molar-refractivity contribution in [2.24, 2.45) is 17.6 Å². The van der Waals surface area contributed by atoms with Crippen molar-refractivity contribution in [3.05, 3.63) is 0 Å². The zero-order valence-electron chi connectivity index (χ0n) is 9.69. The van der Waals surface area contributed by atoms with Gasteiger partial charge >= 0.3 is 0 Å². The third-order valence-electron chi connectivity index (χ3n) is 2.91. The number of hydrogen-bond donors (Lipinski definition) is 1. The molecule has 15 heavy (non-hydrogen) atoms. The minimum atomic E-state index is -0.414. The van der Waals surface area contributed by atoms with Gasteiger partial charge in [-0.1, -0.05) is 20.8 Å². The monoisotopic (exact) mass is 212 g/mol. The molecule has 0 bridgehead atoms. The van der Waals surface area contributed by atoms with Crippen LogP contribution in [0.4, 0.5) is 0 Å². The molecule has 1 saturated heterocycles. The number of carbonyl (C=O) groups is 2. The van der Waals surface area contributed by atoms with Gasteiger partial charge in [-0.15, -0.1) is 0 Å². The van der Waals surface area contributed by atoms with Gasteiger partial charge in [-0.05, 0) is 18.8 Å². The SMILES string of the molecule is CC(C)CC(C(N)=O)N1CCC(C)C1=O. The zero-order chi connectivity index (χ0) is 11.6. The lowest BCUT2D eigenvalue weighted by Crippen LogP contribution is -2.46. The number of rotatable bonds is 4. The number of carbonyl (C=O) groups excluding carboxylic acids is 2. The van der Waals surface area contributed by atoms with E-state index in [1.54, 1.807) is 4.90 Å². The van der Waals surface area contributed by atoms with Crippen LogP contribution in [0.5, 0.6) is 0 Å². The van der Waals surface area contributed by atoms with Crippen LogP contribution in [0.3, 0.4) is 0 Å². The Kier molecular flexibility index (Phi) is 3.72. The second-order valence-corrected chi connectivity index (χ2v) is 4.77. The number of nitrogens with two attached hydrogens (primary N) is 1. The maximum atomic E-state index is 11.8. The molecule has 2 atom stereocenters. The standard InChI is InChI=1S/C11H20N2O2/c1-7(2)6-9(10(12)14)13-5-4-8(3)11(13)15/h7-9H,4-6H2,1-3H3,(H2,12,14). The van der Waals surface area contributed by atoms with Crippen LogP contribution < -0.4 is 5.73 Å². The number of amides is 2. The van der Waals surface area contributed by atoms with Gasteiger partial charge in [-0.25, -0.2) is 0 Å². The van der Waals surface area contributed by atoms with Crippen LogP contribution in [0.2, 0.25) is 0 Å². The Labute approximate surface area is 90.8 Å². The Morgan fingerprint density at radius 2 is 2.20 bits per heavy atom. The quantitative estimate of drug-likeness (QED) is 0.747. The molecule has 1 aliphatic heterocycles. The second-order valence-electron chi connectivity index (χ2n) is 4.77. The minimum absolute atomic E-state index is 0.0408. The van der Waals surface area contributed by atoms with E-state index in [0.29, 0.717) is 18.9 Å². The van der Waals surface area contributed by atoms with Gasteiger partial charge in [0.2, 0.25) is 11.8 Å². The summed E-state index contributed by atoms with van der Waals surface area (Å²) in [5, 5.41) is 0. The van der Waals surface area contributed by atoms with Gasteiger partial charge in [-0.3, -0.25) is 9.59 Å². The molecule has 0 aromatic carbocycles. The molecule has 1 fully saturated rings. The van der Waals surface area contributed by atoms with Crippen molar-refractivity contribution < 1.29 is 9.59 Å². The molecule has 2 unspecified atom stereocenters. The van der Waals surface area contributed by atoms with E-state index in [0.717, 1.165) is 6.42 Å². The lowest BCUT2D eigenvalue weighted by atomic mass is 10.0. The molecule has 0 spiro atoms. The van der Waals surface area contributed by atoms with Crippen molar-refractivity contribution in [2.75, 3.05) is 6.54 Å². The first-order valence-electron chi connectivity index (χ1n) is 5.53. The average molecular weight is 212 g/mol. The summed E-state index contributed by atoms with van der Waals surface area (Å²) in [5.74, 6) is 0.0934. The number of hydrogen-bond acceptors (Lipinski definition) is 2. The maximum absolute atomic E-state index is 11.8. The highest BCUT2D eigenvalue weighted by Gasteiger charge is 2.35. The van der Waals surface area contributed by atoms with E-state index < -0.39 is 6.04 Å². The Balaban J connectivity index is 2.72. The van der Waals surface area contributed by atoms with E-state index in [2.05, 4.69) is 0 Å². The predicted molar refractivity (Wildman–Crippen MR) is 57.9 cm³/mol. The van der Waals surface area contributed by atoms with Gasteiger partial charge in [0, 0.05) is 12.5 Å². The van der Waals surface area contributed by atoms with Gasteiger partial charge in [0.15, 0.2) is 0 Å². The first-order chi connectivity index (χ1) is 6.93. The van der Waals surface area contributed by atoms with Crippen LogP contribution in [0.25, 0.3) is 0 Å². The van der Waals surface area contributed by atoms with Crippen LogP contribution >= 0.6 is 0 Å². The van der Waals surface area contributed by atoms with Crippen molar-refractivity contribution in [2.45, 2.75) is 39.7 Å². The molecule has 0 aromatic rings. The molecule has 4 nitrogen and oxygen atoms in total. The van der Waals surface area contributed by atoms with E-state index in [1.807, 2.05) is 20.8 Å². The minimum Gasteiger partial charge on any atom is -0.368 e. The number of primary amides is 1. The average Bonchev–Trinajstić information content (AvgIpc) is 2.44. The van der Waals surface area contributed by atoms with Gasteiger partial charge in [0.1, 0.15) is 6.04 Å². The molecule has 2 N–H and O–H groups in total. The summed E-state index contributed by atoms with van der Waals surface area (Å²) in [4.78, 5) is 24.7. The Hall–Kier alpha value is -1.06. The van der Waals surface area contributed by atoms with Crippen molar-refractivity contribution in [1.29, 1.82) is 0 Å². The summed E-state index contributed by atoms with van der Waals surface area (Å²) in [7, 11) is 0. The molecule has 1 aliphatic rings. The van der Waals surface area contributed by atoms with Crippen LogP contribution in [0.15, 0.2) is 0 Å². The van der Waals surface area contributed by atoms with E-state index in [9.17, 15) is 9.59 Å². The van der Waals surface area contributed by atoms with Crippen molar-refractivity contribution in [3.63, 3.8) is 0 Å². The molecule has 2 amide bonds. The molecule has 0 radical (unpaired) electrons. The van der Waals surface area contributed by atoms with E-state index >= 15 is 0 Å². The Morgan fingerprint density at radius 1 is 1.60 bits per heavy atom. The highest BCUT2D eigenvalue weighted by Crippen LogP contribution is 2.22. The summed E-state index contributed by atoms with van der Waals surface area (Å²) < 4.78 is 0. The van der Waals surface area contributed by atoms with Crippen LogP contribution in [0.1, 0.15) is 33.6 Å². The van der Waals surface area contributed by atoms with Crippen molar-refractivity contribution in [1.82, 2.24) is 4.90 Å². The lowest BCUT2D eigenvalue weighted by molar-refractivity contribution is -0.138. The molecule has 1 heterocycles. The van der Waals surface area contributed by atoms with E-state index in [-0.39, 0.29) is 17.7 Å². The molecule has 4 heteroatoms. The third kappa shape index (κ3) is 2.70. The summed E-state index contributed by atoms with van der Waals surface area (Å²) in [6.07, 6.45) is 1.49. The molecule has 1 rings (SSSR count). The highest BCUT2D eigenvalue weighted by atomic mass is 16.2. The lowest BCUT2D eigenvalue weighted by Gasteiger charge is -2.26. The normalized spacial score (nSPS) is 23.6. The molecule has 0 aliphatic carbocycles. The molecular weight excluding hydrogens is 192 g/mol. The van der Waals surface area contributed by atoms with Crippen LogP contribution in [0, 0.1) is 11.8 Å². The van der Waals surface area contributed by atoms with Crippen molar-refractivity contribution in [3.8, 4) is 0 Å². The fourth-order valence-electron chi connectivity index (χ4n) is 2.00. The zero-order valence-corrected chi connectivity index (χ0v) is 9.69. The topological polar surface area (TPSA) is 63.4 Å². The highest BCUT2D eigenvalue weighted by molar-refractivity contribution is 5.88. The van der Waals surface area contributed by atoms with Crippen molar-refractivity contribution >= 4 is 11.8 Å². The molecular formula is C11H20N2O2. The van der Waals surface area contributed by atoms with Gasteiger partial charge in [0.05, 0.1) is 0 Å². The molecule has 86 valence electrons. The fraction of sp³-hybridized carbons (Fsp3) is 0.818. The van der Waals surface area contributed by atoms with E-state index in [4.69, 9.17) is 5.73 Å². The largest absolute Gasteiger partial charge is 0.368 e. The predicted octanol–water partition coefficient (Wildman–Crippen LogP) is 0.755. The van der Waals surface area contributed by atoms with Crippen LogP contribution in [-0.4, -0.2) is 29.3 Å². The van der Waals surface area contributed by atoms with Crippen LogP contribution in [-0.2, 0) is 9.59 Å². The van der Waals surface area contributed by atoms with E-state index in [1.165, 1.54) is 0 Å². The first kappa shape index (κ1) is 12.0. The summed E-state index contributed by atoms with van der Waals surface area (Å²) in [6.45, 7) is 6.62. The summed E-state index contributed by atoms with van der Waals surface area (Å²) in [5.41, 5.74) is 5.34.